The number of rotatable bonds is 6. The third-order valence-electron chi connectivity index (χ3n) is 4.74. The molecule has 0 radical (unpaired) electrons. The van der Waals surface area contributed by atoms with E-state index in [2.05, 4.69) is 4.72 Å². The van der Waals surface area contributed by atoms with Crippen LogP contribution in [-0.2, 0) is 19.6 Å². The van der Waals surface area contributed by atoms with Crippen LogP contribution in [0.5, 0.6) is 17.2 Å². The van der Waals surface area contributed by atoms with Gasteiger partial charge in [-0.1, -0.05) is 0 Å². The van der Waals surface area contributed by atoms with E-state index in [1.807, 2.05) is 0 Å². The first-order chi connectivity index (χ1) is 14.4. The monoisotopic (exact) mass is 434 g/mol. The third-order valence-corrected chi connectivity index (χ3v) is 6.14. The smallest absolute Gasteiger partial charge is 0.263 e. The number of carbonyl (C=O) groups excluding carboxylic acids is 1. The number of nitrogens with one attached hydrogen (secondary N) is 1. The van der Waals surface area contributed by atoms with Gasteiger partial charge in [-0.3, -0.25) is 9.52 Å². The Morgan fingerprint density at radius 3 is 2.50 bits per heavy atom. The van der Waals surface area contributed by atoms with E-state index >= 15 is 0 Å². The van der Waals surface area contributed by atoms with Gasteiger partial charge in [-0.15, -0.1) is 0 Å². The molecular weight excluding hydrogens is 412 g/mol. The van der Waals surface area contributed by atoms with Gasteiger partial charge in [0.1, 0.15) is 5.75 Å². The summed E-state index contributed by atoms with van der Waals surface area (Å²) < 4.78 is 49.2. The molecule has 160 valence electrons. The molecular formula is C20H22N2O7S. The molecule has 4 rings (SSSR count). The van der Waals surface area contributed by atoms with Crippen molar-refractivity contribution in [3.05, 3.63) is 42.5 Å². The van der Waals surface area contributed by atoms with Crippen molar-refractivity contribution < 1.29 is 32.2 Å². The van der Waals surface area contributed by atoms with Crippen LogP contribution in [0.4, 0.5) is 5.69 Å². The van der Waals surface area contributed by atoms with E-state index in [0.717, 1.165) is 0 Å². The highest BCUT2D eigenvalue weighted by atomic mass is 32.2. The Bertz CT molecular complexity index is 1020. The summed E-state index contributed by atoms with van der Waals surface area (Å²) in [6, 6.07) is 10.7. The van der Waals surface area contributed by atoms with E-state index in [4.69, 9.17) is 18.9 Å². The summed E-state index contributed by atoms with van der Waals surface area (Å²) in [7, 11) is -3.80. The van der Waals surface area contributed by atoms with Gasteiger partial charge in [-0.25, -0.2) is 8.42 Å². The summed E-state index contributed by atoms with van der Waals surface area (Å²) in [6.07, 6.45) is -0.683. The Kier molecular flexibility index (Phi) is 5.69. The minimum atomic E-state index is -3.80. The van der Waals surface area contributed by atoms with Crippen LogP contribution < -0.4 is 18.9 Å². The van der Waals surface area contributed by atoms with Crippen molar-refractivity contribution in [2.24, 2.45) is 0 Å². The van der Waals surface area contributed by atoms with Gasteiger partial charge in [0.15, 0.2) is 17.6 Å². The van der Waals surface area contributed by atoms with E-state index in [9.17, 15) is 13.2 Å². The number of morpholine rings is 1. The standard InChI is InChI=1S/C20H22N2O7S/c1-14(20(23)22-8-10-26-11-9-22)29-16-3-5-17(6-4-16)30(24,25)21-15-2-7-18-19(12-15)28-13-27-18/h2-7,12,14,21H,8-11,13H2,1H3/t14-/m1/s1. The molecule has 0 spiro atoms. The molecule has 2 aromatic carbocycles. The number of benzene rings is 2. The predicted octanol–water partition coefficient (Wildman–Crippen LogP) is 1.84. The second-order valence-corrected chi connectivity index (χ2v) is 8.53. The zero-order valence-electron chi connectivity index (χ0n) is 16.4. The van der Waals surface area contributed by atoms with E-state index in [0.29, 0.717) is 49.2 Å². The van der Waals surface area contributed by atoms with Gasteiger partial charge in [0.25, 0.3) is 15.9 Å². The lowest BCUT2D eigenvalue weighted by atomic mass is 10.3. The maximum absolute atomic E-state index is 12.7. The zero-order valence-corrected chi connectivity index (χ0v) is 17.2. The van der Waals surface area contributed by atoms with Gasteiger partial charge in [0, 0.05) is 19.2 Å². The van der Waals surface area contributed by atoms with Crippen molar-refractivity contribution in [3.8, 4) is 17.2 Å². The third kappa shape index (κ3) is 4.44. The average Bonchev–Trinajstić information content (AvgIpc) is 3.22. The molecule has 1 amide bonds. The summed E-state index contributed by atoms with van der Waals surface area (Å²) in [5, 5.41) is 0. The topological polar surface area (TPSA) is 103 Å². The van der Waals surface area contributed by atoms with Crippen LogP contribution >= 0.6 is 0 Å². The Morgan fingerprint density at radius 2 is 1.77 bits per heavy atom. The highest BCUT2D eigenvalue weighted by Gasteiger charge is 2.24. The fourth-order valence-corrected chi connectivity index (χ4v) is 4.22. The summed E-state index contributed by atoms with van der Waals surface area (Å²) in [5.74, 6) is 1.34. The molecule has 10 heteroatoms. The molecule has 1 atom stereocenters. The molecule has 0 saturated carbocycles. The summed E-state index contributed by atoms with van der Waals surface area (Å²) in [4.78, 5) is 14.2. The minimum Gasteiger partial charge on any atom is -0.481 e. The quantitative estimate of drug-likeness (QED) is 0.740. The van der Waals surface area contributed by atoms with Gasteiger partial charge in [0.05, 0.1) is 23.8 Å². The molecule has 2 aliphatic rings. The number of ether oxygens (including phenoxy) is 4. The zero-order chi connectivity index (χ0) is 21.1. The molecule has 9 nitrogen and oxygen atoms in total. The van der Waals surface area contributed by atoms with Crippen LogP contribution in [0.2, 0.25) is 0 Å². The van der Waals surface area contributed by atoms with E-state index < -0.39 is 16.1 Å². The number of sulfonamides is 1. The molecule has 2 heterocycles. The minimum absolute atomic E-state index is 0.0691. The molecule has 1 saturated heterocycles. The number of fused-ring (bicyclic) bond motifs is 1. The van der Waals surface area contributed by atoms with Crippen molar-refractivity contribution in [2.45, 2.75) is 17.9 Å². The number of nitrogens with zero attached hydrogens (tertiary/aromatic N) is 1. The van der Waals surface area contributed by atoms with Crippen molar-refractivity contribution in [1.29, 1.82) is 0 Å². The number of hydrogen-bond donors (Lipinski definition) is 1. The van der Waals surface area contributed by atoms with Gasteiger partial charge < -0.3 is 23.8 Å². The fourth-order valence-electron chi connectivity index (χ4n) is 3.17. The van der Waals surface area contributed by atoms with Crippen molar-refractivity contribution in [1.82, 2.24) is 4.90 Å². The first-order valence-electron chi connectivity index (χ1n) is 9.48. The highest BCUT2D eigenvalue weighted by Crippen LogP contribution is 2.34. The maximum atomic E-state index is 12.7. The van der Waals surface area contributed by atoms with Crippen LogP contribution in [0.3, 0.4) is 0 Å². The molecule has 0 aromatic heterocycles. The maximum Gasteiger partial charge on any atom is 0.263 e. The lowest BCUT2D eigenvalue weighted by Gasteiger charge is -2.29. The van der Waals surface area contributed by atoms with Gasteiger partial charge in [-0.05, 0) is 43.3 Å². The molecule has 2 aromatic rings. The number of anilines is 1. The highest BCUT2D eigenvalue weighted by molar-refractivity contribution is 7.92. The molecule has 30 heavy (non-hydrogen) atoms. The van der Waals surface area contributed by atoms with Crippen LogP contribution in [0.1, 0.15) is 6.92 Å². The van der Waals surface area contributed by atoms with Crippen LogP contribution in [0.25, 0.3) is 0 Å². The number of amides is 1. The predicted molar refractivity (Wildman–Crippen MR) is 107 cm³/mol. The molecule has 0 bridgehead atoms. The molecule has 0 unspecified atom stereocenters. The Labute approximate surface area is 174 Å². The van der Waals surface area contributed by atoms with Gasteiger partial charge in [0.2, 0.25) is 6.79 Å². The summed E-state index contributed by atoms with van der Waals surface area (Å²) in [5.41, 5.74) is 0.365. The van der Waals surface area contributed by atoms with Crippen LogP contribution in [0.15, 0.2) is 47.4 Å². The van der Waals surface area contributed by atoms with Crippen LogP contribution in [-0.4, -0.2) is 58.4 Å². The summed E-state index contributed by atoms with van der Waals surface area (Å²) in [6.45, 7) is 3.89. The second kappa shape index (κ2) is 8.41. The Hall–Kier alpha value is -2.98. The number of hydrogen-bond acceptors (Lipinski definition) is 7. The van der Waals surface area contributed by atoms with E-state index in [-0.39, 0.29) is 17.6 Å². The molecule has 0 aliphatic carbocycles. The van der Waals surface area contributed by atoms with Crippen molar-refractivity contribution in [3.63, 3.8) is 0 Å². The van der Waals surface area contributed by atoms with E-state index in [1.54, 1.807) is 30.0 Å². The number of carbonyl (C=O) groups is 1. The second-order valence-electron chi connectivity index (χ2n) is 6.84. The SMILES string of the molecule is C[C@@H](Oc1ccc(S(=O)(=O)Nc2ccc3c(c2)OCO3)cc1)C(=O)N1CCOCC1. The molecule has 1 fully saturated rings. The molecule has 2 aliphatic heterocycles. The first-order valence-corrected chi connectivity index (χ1v) is 11.0. The van der Waals surface area contributed by atoms with Crippen LogP contribution in [0, 0.1) is 0 Å². The largest absolute Gasteiger partial charge is 0.481 e. The fraction of sp³-hybridized carbons (Fsp3) is 0.350. The average molecular weight is 434 g/mol. The van der Waals surface area contributed by atoms with Gasteiger partial charge in [-0.2, -0.15) is 0 Å². The Balaban J connectivity index is 1.40. The van der Waals surface area contributed by atoms with Crippen molar-refractivity contribution >= 4 is 21.6 Å². The summed E-state index contributed by atoms with van der Waals surface area (Å²) >= 11 is 0. The Morgan fingerprint density at radius 1 is 1.07 bits per heavy atom. The lowest BCUT2D eigenvalue weighted by Crippen LogP contribution is -2.46. The van der Waals surface area contributed by atoms with Gasteiger partial charge >= 0.3 is 0 Å². The van der Waals surface area contributed by atoms with Crippen molar-refractivity contribution in [2.75, 3.05) is 37.8 Å². The first kappa shape index (κ1) is 20.3. The molecule has 1 N–H and O–H groups in total. The van der Waals surface area contributed by atoms with E-state index in [1.165, 1.54) is 24.3 Å². The normalized spacial score (nSPS) is 16.8. The lowest BCUT2D eigenvalue weighted by molar-refractivity contribution is -0.142.